The quantitative estimate of drug-likeness (QED) is 0.0857. The zero-order chi connectivity index (χ0) is 40.3. The molecule has 4 aromatic rings. The van der Waals surface area contributed by atoms with Crippen LogP contribution in [0.2, 0.25) is 5.02 Å². The molecule has 0 spiro atoms. The number of piperidine rings is 1. The fourth-order valence-electron chi connectivity index (χ4n) is 6.81. The Morgan fingerprint density at radius 1 is 1.02 bits per heavy atom. The number of amides is 2. The minimum absolute atomic E-state index is 0.0165. The average molecular weight is 775 g/mol. The summed E-state index contributed by atoms with van der Waals surface area (Å²) >= 11 is 6.10. The van der Waals surface area contributed by atoms with Gasteiger partial charge in [0.2, 0.25) is 11.8 Å². The molecule has 2 N–H and O–H groups in total. The second kappa shape index (κ2) is 23.3. The Bertz CT molecular complexity index is 1800. The van der Waals surface area contributed by atoms with E-state index in [0.29, 0.717) is 67.3 Å². The lowest BCUT2D eigenvalue weighted by atomic mass is 9.79. The molecule has 11 heteroatoms. The van der Waals surface area contributed by atoms with E-state index < -0.39 is 0 Å². The number of carbonyl (C=O) groups is 3. The highest BCUT2D eigenvalue weighted by Gasteiger charge is 2.45. The van der Waals surface area contributed by atoms with Crippen molar-refractivity contribution in [1.82, 2.24) is 20.1 Å². The summed E-state index contributed by atoms with van der Waals surface area (Å²) in [6, 6.07) is 20.8. The van der Waals surface area contributed by atoms with Crippen LogP contribution in [0.25, 0.3) is 10.9 Å². The fourth-order valence-corrected chi connectivity index (χ4v) is 6.98. The number of aldehydes is 1. The van der Waals surface area contributed by atoms with Crippen LogP contribution in [0.3, 0.4) is 0 Å². The van der Waals surface area contributed by atoms with Crippen molar-refractivity contribution in [3.63, 3.8) is 0 Å². The van der Waals surface area contributed by atoms with Gasteiger partial charge in [0.05, 0.1) is 38.8 Å². The molecular formula is C44H59ClN4O6. The maximum Gasteiger partial charge on any atom is 0.227 e. The maximum atomic E-state index is 13.4. The van der Waals surface area contributed by atoms with Crippen LogP contribution in [-0.2, 0) is 27.4 Å². The van der Waals surface area contributed by atoms with Gasteiger partial charge in [-0.25, -0.2) is 0 Å². The third kappa shape index (κ3) is 13.6. The van der Waals surface area contributed by atoms with Gasteiger partial charge in [0.25, 0.3) is 0 Å². The molecule has 2 aliphatic heterocycles. The predicted octanol–water partition coefficient (Wildman–Crippen LogP) is 7.85. The molecule has 55 heavy (non-hydrogen) atoms. The number of ether oxygens (including phenoxy) is 3. The lowest BCUT2D eigenvalue weighted by Gasteiger charge is -2.39. The van der Waals surface area contributed by atoms with E-state index in [-0.39, 0.29) is 29.8 Å². The van der Waals surface area contributed by atoms with Crippen molar-refractivity contribution >= 4 is 40.6 Å². The summed E-state index contributed by atoms with van der Waals surface area (Å²) in [5.74, 6) is 1.68. The van der Waals surface area contributed by atoms with Crippen LogP contribution in [0.5, 0.6) is 11.5 Å². The SMILES string of the molecule is C=CC.CC.CN1CC2CN(C(=O)Cc3c[nH]c4cc(Cl)ccc34)CC(C(=O)NCCOCc3ccccc3)C2C1.COc1cc(C=O)ccc1OC(C)C. The molecule has 3 aromatic carbocycles. The largest absolute Gasteiger partial charge is 0.493 e. The van der Waals surface area contributed by atoms with E-state index in [1.54, 1.807) is 31.4 Å². The highest BCUT2D eigenvalue weighted by Crippen LogP contribution is 2.35. The Morgan fingerprint density at radius 3 is 2.42 bits per heavy atom. The Balaban J connectivity index is 0.000000357. The number of rotatable bonds is 12. The first-order valence-electron chi connectivity index (χ1n) is 19.0. The highest BCUT2D eigenvalue weighted by molar-refractivity contribution is 6.31. The minimum Gasteiger partial charge on any atom is -0.493 e. The van der Waals surface area contributed by atoms with E-state index >= 15 is 0 Å². The Morgan fingerprint density at radius 2 is 1.75 bits per heavy atom. The van der Waals surface area contributed by atoms with Gasteiger partial charge in [0.1, 0.15) is 6.29 Å². The summed E-state index contributed by atoms with van der Waals surface area (Å²) in [4.78, 5) is 44.5. The van der Waals surface area contributed by atoms with Gasteiger partial charge in [0, 0.05) is 60.4 Å². The van der Waals surface area contributed by atoms with E-state index in [9.17, 15) is 14.4 Å². The number of aromatic nitrogens is 1. The van der Waals surface area contributed by atoms with Crippen LogP contribution in [-0.4, -0.2) is 92.5 Å². The molecule has 0 aliphatic carbocycles. The van der Waals surface area contributed by atoms with Crippen molar-refractivity contribution in [3.8, 4) is 11.5 Å². The third-order valence-corrected chi connectivity index (χ3v) is 9.40. The molecule has 2 amide bonds. The summed E-state index contributed by atoms with van der Waals surface area (Å²) in [7, 11) is 3.64. The fraction of sp³-hybridized carbons (Fsp3) is 0.432. The number of benzene rings is 3. The van der Waals surface area contributed by atoms with Gasteiger partial charge in [-0.3, -0.25) is 14.4 Å². The Hall–Kier alpha value is -4.64. The number of H-pyrrole nitrogens is 1. The molecule has 1 aromatic heterocycles. The Kier molecular flexibility index (Phi) is 19.0. The number of aromatic amines is 1. The molecule has 3 unspecified atom stereocenters. The summed E-state index contributed by atoms with van der Waals surface area (Å²) in [6.07, 6.45) is 4.80. The van der Waals surface area contributed by atoms with Crippen molar-refractivity contribution in [3.05, 3.63) is 107 Å². The lowest BCUT2D eigenvalue weighted by molar-refractivity contribution is -0.138. The molecule has 0 bridgehead atoms. The van der Waals surface area contributed by atoms with Gasteiger partial charge in [-0.15, -0.1) is 6.58 Å². The van der Waals surface area contributed by atoms with Gasteiger partial charge in [-0.1, -0.05) is 67.9 Å². The number of nitrogens with one attached hydrogen (secondary N) is 2. The number of carbonyl (C=O) groups excluding carboxylic acids is 3. The zero-order valence-electron chi connectivity index (χ0n) is 33.5. The van der Waals surface area contributed by atoms with E-state index in [1.807, 2.05) is 94.2 Å². The summed E-state index contributed by atoms with van der Waals surface area (Å²) < 4.78 is 16.3. The molecule has 10 nitrogen and oxygen atoms in total. The standard InChI is InChI=1S/C28H33ClN4O3.C11H14O3.C3H6.C2H6/c1-32-14-21-15-33(27(34)11-20-13-31-26-12-22(29)7-8-23(20)26)17-25(24(21)16-32)28(35)30-9-10-36-18-19-5-3-2-4-6-19;1-8(2)14-10-5-4-9(7-12)6-11(10)13-3;1-3-2;1-2/h2-8,12-13,21,24-25,31H,9-11,14-18H2,1H3,(H,30,35);4-8H,1-3H3;3H,1H2,2H3;1-2H3. The van der Waals surface area contributed by atoms with Crippen molar-refractivity contribution < 1.29 is 28.6 Å². The molecule has 6 rings (SSSR count). The van der Waals surface area contributed by atoms with Crippen LogP contribution in [0.15, 0.2) is 85.6 Å². The molecular weight excluding hydrogens is 716 g/mol. The number of nitrogens with zero attached hydrogens (tertiary/aromatic N) is 2. The molecule has 0 saturated carbocycles. The average Bonchev–Trinajstić information content (AvgIpc) is 3.77. The van der Waals surface area contributed by atoms with Gasteiger partial charge < -0.3 is 34.3 Å². The van der Waals surface area contributed by atoms with Gasteiger partial charge in [-0.05, 0) is 81.1 Å². The monoisotopic (exact) mass is 774 g/mol. The van der Waals surface area contributed by atoms with Gasteiger partial charge >= 0.3 is 0 Å². The summed E-state index contributed by atoms with van der Waals surface area (Å²) in [6.45, 7) is 17.5. The topological polar surface area (TPSA) is 113 Å². The molecule has 2 saturated heterocycles. The van der Waals surface area contributed by atoms with Crippen LogP contribution in [0.4, 0.5) is 0 Å². The van der Waals surface area contributed by atoms with Crippen LogP contribution in [0, 0.1) is 17.8 Å². The number of methoxy groups -OCH3 is 1. The first-order chi connectivity index (χ1) is 26.6. The number of hydrogen-bond acceptors (Lipinski definition) is 7. The van der Waals surface area contributed by atoms with E-state index in [4.69, 9.17) is 25.8 Å². The predicted molar refractivity (Wildman–Crippen MR) is 222 cm³/mol. The van der Waals surface area contributed by atoms with Gasteiger partial charge in [-0.2, -0.15) is 0 Å². The van der Waals surface area contributed by atoms with E-state index in [2.05, 4.69) is 28.8 Å². The lowest BCUT2D eigenvalue weighted by Crippen LogP contribution is -2.53. The first-order valence-corrected chi connectivity index (χ1v) is 19.4. The third-order valence-electron chi connectivity index (χ3n) is 9.17. The molecule has 2 aliphatic rings. The van der Waals surface area contributed by atoms with E-state index in [0.717, 1.165) is 41.4 Å². The number of halogens is 1. The van der Waals surface area contributed by atoms with Crippen LogP contribution in [0.1, 0.15) is 56.1 Å². The maximum absolute atomic E-state index is 13.4. The molecule has 0 radical (unpaired) electrons. The van der Waals surface area contributed by atoms with Crippen molar-refractivity contribution in [2.24, 2.45) is 17.8 Å². The highest BCUT2D eigenvalue weighted by atomic mass is 35.5. The molecule has 2 fully saturated rings. The van der Waals surface area contributed by atoms with E-state index in [1.165, 1.54) is 0 Å². The normalized spacial score (nSPS) is 17.3. The minimum atomic E-state index is -0.214. The number of allylic oxidation sites excluding steroid dienone is 1. The van der Waals surface area contributed by atoms with Crippen LogP contribution >= 0.6 is 11.6 Å². The zero-order valence-corrected chi connectivity index (χ0v) is 34.2. The number of hydrogen-bond donors (Lipinski definition) is 2. The van der Waals surface area contributed by atoms with Crippen molar-refractivity contribution in [1.29, 1.82) is 0 Å². The summed E-state index contributed by atoms with van der Waals surface area (Å²) in [5.41, 5.74) is 3.57. The van der Waals surface area contributed by atoms with Crippen LogP contribution < -0.4 is 14.8 Å². The molecule has 3 atom stereocenters. The number of likely N-dealkylation sites (tertiary alicyclic amines) is 2. The second-order valence-electron chi connectivity index (χ2n) is 13.7. The molecule has 298 valence electrons. The first kappa shape index (κ1) is 44.8. The molecule has 3 heterocycles. The summed E-state index contributed by atoms with van der Waals surface area (Å²) in [5, 5.41) is 4.73. The smallest absolute Gasteiger partial charge is 0.227 e. The number of fused-ring (bicyclic) bond motifs is 2. The van der Waals surface area contributed by atoms with Gasteiger partial charge in [0.15, 0.2) is 11.5 Å². The van der Waals surface area contributed by atoms with Crippen molar-refractivity contribution in [2.45, 2.75) is 53.8 Å². The van der Waals surface area contributed by atoms with Crippen molar-refractivity contribution in [2.75, 3.05) is 53.5 Å². The second-order valence-corrected chi connectivity index (χ2v) is 14.1. The Labute approximate surface area is 332 Å².